The highest BCUT2D eigenvalue weighted by Gasteiger charge is 2.72. The van der Waals surface area contributed by atoms with Gasteiger partial charge in [0.25, 0.3) is 0 Å². The molecule has 0 aromatic rings. The summed E-state index contributed by atoms with van der Waals surface area (Å²) >= 11 is 0. The Bertz CT molecular complexity index is 1160. The zero-order valence-electron chi connectivity index (χ0n) is 24.7. The Balaban J connectivity index is 1.62. The Labute approximate surface area is 228 Å². The van der Waals surface area contributed by atoms with Crippen LogP contribution in [0, 0.1) is 62.1 Å². The molecule has 2 N–H and O–H groups in total. The monoisotopic (exact) mass is 521 g/mol. The lowest BCUT2D eigenvalue weighted by atomic mass is 9.32. The highest BCUT2D eigenvalue weighted by atomic mass is 16.2. The maximum absolute atomic E-state index is 14.5. The number of rotatable bonds is 1. The second-order valence-electron chi connectivity index (χ2n) is 15.5. The molecule has 0 radical (unpaired) electrons. The summed E-state index contributed by atoms with van der Waals surface area (Å²) in [4.78, 5) is 40.4. The van der Waals surface area contributed by atoms with Crippen LogP contribution in [0.2, 0.25) is 0 Å². The second-order valence-corrected chi connectivity index (χ2v) is 15.5. The number of urea groups is 1. The fraction of sp³-hybridized carbons (Fsp3) is 0.812. The van der Waals surface area contributed by atoms with Gasteiger partial charge in [-0.15, -0.1) is 0 Å². The van der Waals surface area contributed by atoms with Gasteiger partial charge in [0, 0.05) is 30.3 Å². The average molecular weight is 522 g/mol. The summed E-state index contributed by atoms with van der Waals surface area (Å²) in [7, 11) is 1.66. The number of allylic oxidation sites excluding steroid dienone is 2. The van der Waals surface area contributed by atoms with E-state index in [0.717, 1.165) is 44.9 Å². The lowest BCUT2D eigenvalue weighted by Gasteiger charge is -2.72. The van der Waals surface area contributed by atoms with Crippen LogP contribution in [0.3, 0.4) is 0 Å². The molecule has 0 aliphatic heterocycles. The smallest absolute Gasteiger partial charge is 0.314 e. The van der Waals surface area contributed by atoms with Gasteiger partial charge in [0.05, 0.1) is 5.57 Å². The van der Waals surface area contributed by atoms with E-state index in [-0.39, 0.29) is 68.3 Å². The minimum Gasteiger partial charge on any atom is -0.341 e. The van der Waals surface area contributed by atoms with Crippen LogP contribution in [0.1, 0.15) is 99.8 Å². The second kappa shape index (κ2) is 8.18. The van der Waals surface area contributed by atoms with Crippen molar-refractivity contribution in [2.75, 3.05) is 7.05 Å². The van der Waals surface area contributed by atoms with E-state index in [4.69, 9.17) is 0 Å². The van der Waals surface area contributed by atoms with Crippen LogP contribution in [0.4, 0.5) is 4.79 Å². The predicted octanol–water partition coefficient (Wildman–Crippen LogP) is 5.97. The Morgan fingerprint density at radius 2 is 1.61 bits per heavy atom. The number of amides is 2. The van der Waals surface area contributed by atoms with Crippen molar-refractivity contribution in [2.45, 2.75) is 105 Å². The molecular weight excluding hydrogens is 474 g/mol. The van der Waals surface area contributed by atoms with Gasteiger partial charge in [-0.25, -0.2) is 4.79 Å². The minimum atomic E-state index is -0.622. The normalized spacial score (nSPS) is 46.8. The van der Waals surface area contributed by atoms with Gasteiger partial charge in [-0.2, -0.15) is 5.26 Å². The van der Waals surface area contributed by atoms with Gasteiger partial charge in [0.15, 0.2) is 5.78 Å². The van der Waals surface area contributed by atoms with Crippen molar-refractivity contribution >= 4 is 17.6 Å². The standard InChI is InChI=1S/C32H47N3O3/c1-27(2)11-13-32(35-26(38)34-8)14-12-31(7)24(20(32)17-27)21(36)15-23-29(5)16-19(18-33)25(37)28(3,4)22(29)9-10-30(23,31)6/h16,20,22-24H,9-15,17H2,1-8H3,(H2,34,35,38)/t20?,22-,23+,24?,29-,30+,31+,32-/m0/s1. The van der Waals surface area contributed by atoms with Crippen molar-refractivity contribution in [3.05, 3.63) is 11.6 Å². The third kappa shape index (κ3) is 3.38. The third-order valence-corrected chi connectivity index (χ3v) is 13.1. The minimum absolute atomic E-state index is 0.0514. The summed E-state index contributed by atoms with van der Waals surface area (Å²) in [6.45, 7) is 15.6. The number of ketones is 2. The molecular formula is C32H47N3O3. The molecule has 8 atom stereocenters. The number of nitrogens with zero attached hydrogens (tertiary/aromatic N) is 1. The van der Waals surface area contributed by atoms with Crippen molar-refractivity contribution < 1.29 is 14.4 Å². The highest BCUT2D eigenvalue weighted by molar-refractivity contribution is 6.04. The van der Waals surface area contributed by atoms with Crippen LogP contribution in [0.25, 0.3) is 0 Å². The molecule has 0 bridgehead atoms. The first-order valence-corrected chi connectivity index (χ1v) is 14.7. The number of Topliss-reactive ketones (excluding diaryl/α,β-unsaturated/α-hetero) is 2. The van der Waals surface area contributed by atoms with Crippen LogP contribution >= 0.6 is 0 Å². The molecule has 2 unspecified atom stereocenters. The lowest BCUT2D eigenvalue weighted by Crippen LogP contribution is -2.72. The molecule has 6 nitrogen and oxygen atoms in total. The number of nitrogens with one attached hydrogen (secondary N) is 2. The number of nitriles is 1. The molecule has 208 valence electrons. The summed E-state index contributed by atoms with van der Waals surface area (Å²) in [6.07, 6.45) is 9.01. The predicted molar refractivity (Wildman–Crippen MR) is 147 cm³/mol. The number of fused-ring (bicyclic) bond motifs is 7. The zero-order valence-corrected chi connectivity index (χ0v) is 24.7. The van der Waals surface area contributed by atoms with Crippen molar-refractivity contribution in [2.24, 2.45) is 50.7 Å². The molecule has 2 amide bonds. The maximum Gasteiger partial charge on any atom is 0.314 e. The number of carbonyl (C=O) groups excluding carboxylic acids is 3. The third-order valence-electron chi connectivity index (χ3n) is 13.1. The summed E-state index contributed by atoms with van der Waals surface area (Å²) in [6, 6.07) is 2.06. The molecule has 6 heteroatoms. The van der Waals surface area contributed by atoms with Crippen molar-refractivity contribution in [3.8, 4) is 6.07 Å². The van der Waals surface area contributed by atoms with Crippen molar-refractivity contribution in [3.63, 3.8) is 0 Å². The number of hydrogen-bond acceptors (Lipinski definition) is 4. The summed E-state index contributed by atoms with van der Waals surface area (Å²) < 4.78 is 0. The Kier molecular flexibility index (Phi) is 5.90. The van der Waals surface area contributed by atoms with Gasteiger partial charge in [0.2, 0.25) is 0 Å². The first-order valence-electron chi connectivity index (χ1n) is 14.7. The van der Waals surface area contributed by atoms with Crippen LogP contribution in [0.15, 0.2) is 11.6 Å². The van der Waals surface area contributed by atoms with Gasteiger partial charge in [-0.3, -0.25) is 9.59 Å². The number of carbonyl (C=O) groups is 3. The Morgan fingerprint density at radius 3 is 2.24 bits per heavy atom. The Morgan fingerprint density at radius 1 is 0.947 bits per heavy atom. The summed E-state index contributed by atoms with van der Waals surface area (Å²) in [5.41, 5.74) is -1.29. The van der Waals surface area contributed by atoms with E-state index in [1.165, 1.54) is 0 Å². The summed E-state index contributed by atoms with van der Waals surface area (Å²) in [5.74, 6) is 0.458. The van der Waals surface area contributed by atoms with Gasteiger partial charge in [-0.05, 0) is 84.4 Å². The zero-order chi connectivity index (χ0) is 28.1. The maximum atomic E-state index is 14.5. The summed E-state index contributed by atoms with van der Waals surface area (Å²) in [5, 5.41) is 16.0. The van der Waals surface area contributed by atoms with Gasteiger partial charge < -0.3 is 10.6 Å². The number of hydrogen-bond donors (Lipinski definition) is 2. The molecule has 0 aromatic heterocycles. The van der Waals surface area contributed by atoms with E-state index in [2.05, 4.69) is 51.3 Å². The highest BCUT2D eigenvalue weighted by Crippen LogP contribution is 2.74. The lowest BCUT2D eigenvalue weighted by molar-refractivity contribution is -0.214. The first kappa shape index (κ1) is 27.4. The van der Waals surface area contributed by atoms with Gasteiger partial charge in [0.1, 0.15) is 11.9 Å². The van der Waals surface area contributed by atoms with Crippen LogP contribution in [-0.4, -0.2) is 30.2 Å². The largest absolute Gasteiger partial charge is 0.341 e. The van der Waals surface area contributed by atoms with Crippen LogP contribution < -0.4 is 10.6 Å². The molecule has 5 rings (SSSR count). The van der Waals surface area contributed by atoms with E-state index in [1.54, 1.807) is 7.05 Å². The molecule has 4 saturated carbocycles. The van der Waals surface area contributed by atoms with E-state index in [1.807, 2.05) is 19.9 Å². The van der Waals surface area contributed by atoms with E-state index >= 15 is 0 Å². The van der Waals surface area contributed by atoms with Gasteiger partial charge >= 0.3 is 6.03 Å². The molecule has 38 heavy (non-hydrogen) atoms. The molecule has 5 aliphatic rings. The van der Waals surface area contributed by atoms with Crippen LogP contribution in [0.5, 0.6) is 0 Å². The fourth-order valence-electron chi connectivity index (χ4n) is 10.8. The van der Waals surface area contributed by atoms with E-state index in [9.17, 15) is 19.6 Å². The fourth-order valence-corrected chi connectivity index (χ4v) is 10.8. The van der Waals surface area contributed by atoms with Crippen molar-refractivity contribution in [1.29, 1.82) is 5.26 Å². The van der Waals surface area contributed by atoms with Crippen molar-refractivity contribution in [1.82, 2.24) is 10.6 Å². The quantitative estimate of drug-likeness (QED) is 0.444. The Hall–Kier alpha value is -2.16. The molecule has 5 aliphatic carbocycles. The van der Waals surface area contributed by atoms with E-state index < -0.39 is 5.41 Å². The molecule has 0 saturated heterocycles. The van der Waals surface area contributed by atoms with E-state index in [0.29, 0.717) is 12.2 Å². The average Bonchev–Trinajstić information content (AvgIpc) is 2.83. The molecule has 4 fully saturated rings. The molecule has 0 aromatic carbocycles. The van der Waals surface area contributed by atoms with Gasteiger partial charge in [-0.1, -0.05) is 54.5 Å². The molecule has 0 heterocycles. The molecule has 0 spiro atoms. The SMILES string of the molecule is CNC(=O)N[C@]12CCC(C)(C)CC1C1C(=O)C[C@@H]3[C@@]4(C)C=C(C#N)C(=O)C(C)(C)[C@@H]4CC[C@@]3(C)[C@]1(C)CC2. The topological polar surface area (TPSA) is 99.1 Å². The first-order chi connectivity index (χ1) is 17.5. The van der Waals surface area contributed by atoms with Crippen LogP contribution in [-0.2, 0) is 9.59 Å².